The Morgan fingerprint density at radius 1 is 1.53 bits per heavy atom. The highest BCUT2D eigenvalue weighted by Gasteiger charge is 2.27. The highest BCUT2D eigenvalue weighted by atomic mass is 32.1. The molecule has 1 aliphatic rings. The van der Waals surface area contributed by atoms with Crippen LogP contribution in [0.1, 0.15) is 19.1 Å². The summed E-state index contributed by atoms with van der Waals surface area (Å²) >= 11 is 4.22. The molecule has 2 aromatic heterocycles. The van der Waals surface area contributed by atoms with Crippen molar-refractivity contribution in [3.05, 3.63) is 23.0 Å². The number of H-pyrrole nitrogens is 1. The number of imidazole rings is 1. The SMILES string of the molecule is O=c1[nH]cnc2c1ncn2[C@H]1CC[C@@H](CS)O1. The molecule has 1 fully saturated rings. The van der Waals surface area contributed by atoms with Crippen LogP contribution in [0, 0.1) is 0 Å². The Morgan fingerprint density at radius 2 is 2.41 bits per heavy atom. The zero-order valence-corrected chi connectivity index (χ0v) is 9.93. The summed E-state index contributed by atoms with van der Waals surface area (Å²) < 4.78 is 7.61. The van der Waals surface area contributed by atoms with E-state index in [1.165, 1.54) is 6.33 Å². The molecule has 0 spiro atoms. The molecule has 0 bridgehead atoms. The maximum absolute atomic E-state index is 11.5. The van der Waals surface area contributed by atoms with Crippen LogP contribution in [0.4, 0.5) is 0 Å². The largest absolute Gasteiger partial charge is 0.354 e. The number of hydrogen-bond donors (Lipinski definition) is 2. The van der Waals surface area contributed by atoms with Crippen molar-refractivity contribution in [1.29, 1.82) is 0 Å². The van der Waals surface area contributed by atoms with Gasteiger partial charge in [-0.3, -0.25) is 9.36 Å². The number of rotatable bonds is 2. The van der Waals surface area contributed by atoms with Gasteiger partial charge in [0, 0.05) is 5.75 Å². The zero-order chi connectivity index (χ0) is 11.8. The predicted octanol–water partition coefficient (Wildman–Crippen LogP) is 0.727. The number of aromatic amines is 1. The van der Waals surface area contributed by atoms with Crippen molar-refractivity contribution in [2.24, 2.45) is 0 Å². The van der Waals surface area contributed by atoms with Gasteiger partial charge in [0.15, 0.2) is 11.2 Å². The fourth-order valence-corrected chi connectivity index (χ4v) is 2.37. The van der Waals surface area contributed by atoms with E-state index in [2.05, 4.69) is 27.6 Å². The maximum Gasteiger partial charge on any atom is 0.278 e. The maximum atomic E-state index is 11.5. The van der Waals surface area contributed by atoms with Crippen LogP contribution in [0.15, 0.2) is 17.4 Å². The van der Waals surface area contributed by atoms with Crippen molar-refractivity contribution in [3.8, 4) is 0 Å². The highest BCUT2D eigenvalue weighted by molar-refractivity contribution is 7.80. The Hall–Kier alpha value is -1.34. The summed E-state index contributed by atoms with van der Waals surface area (Å²) in [5, 5.41) is 0. The van der Waals surface area contributed by atoms with E-state index in [0.717, 1.165) is 12.8 Å². The number of nitrogens with zero attached hydrogens (tertiary/aromatic N) is 3. The summed E-state index contributed by atoms with van der Waals surface area (Å²) in [5.74, 6) is 0.705. The molecule has 1 N–H and O–H groups in total. The standard InChI is InChI=1S/C10H12N4O2S/c15-10-8-9(11-4-12-10)14(5-13-8)7-2-1-6(3-17)16-7/h4-7,17H,1-3H2,(H,11,12,15)/t6-,7+/m0/s1. The first-order valence-electron chi connectivity index (χ1n) is 5.46. The minimum Gasteiger partial charge on any atom is -0.354 e. The van der Waals surface area contributed by atoms with Gasteiger partial charge in [-0.2, -0.15) is 12.6 Å². The minimum absolute atomic E-state index is 0.0913. The predicted molar refractivity (Wildman–Crippen MR) is 65.1 cm³/mol. The molecule has 3 rings (SSSR count). The van der Waals surface area contributed by atoms with Crippen LogP contribution in [-0.4, -0.2) is 31.4 Å². The summed E-state index contributed by atoms with van der Waals surface area (Å²) in [5.41, 5.74) is 0.696. The first-order valence-corrected chi connectivity index (χ1v) is 6.09. The molecule has 2 aromatic rings. The van der Waals surface area contributed by atoms with Gasteiger partial charge in [-0.1, -0.05) is 0 Å². The monoisotopic (exact) mass is 252 g/mol. The molecule has 3 heterocycles. The second-order valence-electron chi connectivity index (χ2n) is 4.03. The lowest BCUT2D eigenvalue weighted by Gasteiger charge is -2.13. The zero-order valence-electron chi connectivity index (χ0n) is 9.04. The molecule has 17 heavy (non-hydrogen) atoms. The Morgan fingerprint density at radius 3 is 3.18 bits per heavy atom. The molecule has 6 nitrogen and oxygen atoms in total. The van der Waals surface area contributed by atoms with E-state index in [1.54, 1.807) is 6.33 Å². The van der Waals surface area contributed by atoms with Gasteiger partial charge < -0.3 is 9.72 Å². The van der Waals surface area contributed by atoms with E-state index in [-0.39, 0.29) is 17.9 Å². The molecular formula is C10H12N4O2S. The lowest BCUT2D eigenvalue weighted by atomic mass is 10.2. The minimum atomic E-state index is -0.225. The number of ether oxygens (including phenoxy) is 1. The molecule has 2 atom stereocenters. The van der Waals surface area contributed by atoms with Crippen LogP contribution < -0.4 is 5.56 Å². The third kappa shape index (κ3) is 1.75. The van der Waals surface area contributed by atoms with Gasteiger partial charge in [-0.05, 0) is 12.8 Å². The number of aromatic nitrogens is 4. The van der Waals surface area contributed by atoms with Gasteiger partial charge in [0.05, 0.1) is 18.8 Å². The molecule has 0 aliphatic carbocycles. The Bertz CT molecular complexity index is 593. The Kier molecular flexibility index (Phi) is 2.64. The van der Waals surface area contributed by atoms with Crippen LogP contribution in [0.25, 0.3) is 11.2 Å². The van der Waals surface area contributed by atoms with Crippen molar-refractivity contribution in [2.75, 3.05) is 5.75 Å². The smallest absolute Gasteiger partial charge is 0.278 e. The van der Waals surface area contributed by atoms with Gasteiger partial charge in [0.2, 0.25) is 0 Å². The number of fused-ring (bicyclic) bond motifs is 1. The summed E-state index contributed by atoms with van der Waals surface area (Å²) in [6, 6.07) is 0. The van der Waals surface area contributed by atoms with Crippen molar-refractivity contribution >= 4 is 23.8 Å². The topological polar surface area (TPSA) is 72.8 Å². The first-order chi connectivity index (χ1) is 8.29. The highest BCUT2D eigenvalue weighted by Crippen LogP contribution is 2.30. The Labute approximate surface area is 102 Å². The fraction of sp³-hybridized carbons (Fsp3) is 0.500. The molecular weight excluding hydrogens is 240 g/mol. The molecule has 1 aliphatic heterocycles. The lowest BCUT2D eigenvalue weighted by Crippen LogP contribution is -2.13. The third-order valence-corrected chi connectivity index (χ3v) is 3.37. The molecule has 0 unspecified atom stereocenters. The molecule has 1 saturated heterocycles. The fourth-order valence-electron chi connectivity index (χ4n) is 2.10. The van der Waals surface area contributed by atoms with E-state index < -0.39 is 0 Å². The molecule has 90 valence electrons. The first kappa shape index (κ1) is 10.8. The number of hydrogen-bond acceptors (Lipinski definition) is 5. The summed E-state index contributed by atoms with van der Waals surface area (Å²) in [6.07, 6.45) is 4.93. The summed E-state index contributed by atoms with van der Waals surface area (Å²) in [4.78, 5) is 22.2. The van der Waals surface area contributed by atoms with Crippen LogP contribution in [0.5, 0.6) is 0 Å². The second-order valence-corrected chi connectivity index (χ2v) is 4.39. The van der Waals surface area contributed by atoms with Gasteiger partial charge in [0.25, 0.3) is 5.56 Å². The van der Waals surface area contributed by atoms with E-state index in [0.29, 0.717) is 16.9 Å². The molecule has 0 aromatic carbocycles. The quantitative estimate of drug-likeness (QED) is 0.773. The number of nitrogens with one attached hydrogen (secondary N) is 1. The van der Waals surface area contributed by atoms with Gasteiger partial charge in [0.1, 0.15) is 6.23 Å². The van der Waals surface area contributed by atoms with Gasteiger partial charge in [-0.25, -0.2) is 9.97 Å². The van der Waals surface area contributed by atoms with E-state index in [1.807, 2.05) is 4.57 Å². The Balaban J connectivity index is 2.02. The van der Waals surface area contributed by atoms with Crippen LogP contribution in [0.3, 0.4) is 0 Å². The molecule has 0 amide bonds. The average molecular weight is 252 g/mol. The normalized spacial score (nSPS) is 24.5. The lowest BCUT2D eigenvalue weighted by molar-refractivity contribution is 0.0155. The van der Waals surface area contributed by atoms with Gasteiger partial charge in [-0.15, -0.1) is 0 Å². The second kappa shape index (κ2) is 4.15. The van der Waals surface area contributed by atoms with Crippen LogP contribution in [0.2, 0.25) is 0 Å². The third-order valence-electron chi connectivity index (χ3n) is 2.96. The molecule has 7 heteroatoms. The van der Waals surface area contributed by atoms with E-state index >= 15 is 0 Å². The van der Waals surface area contributed by atoms with Crippen molar-refractivity contribution in [1.82, 2.24) is 19.5 Å². The summed E-state index contributed by atoms with van der Waals surface area (Å²) in [6.45, 7) is 0. The van der Waals surface area contributed by atoms with E-state index in [9.17, 15) is 4.79 Å². The molecule has 0 saturated carbocycles. The van der Waals surface area contributed by atoms with Gasteiger partial charge >= 0.3 is 0 Å². The average Bonchev–Trinajstić information content (AvgIpc) is 2.94. The number of thiol groups is 1. The molecule has 0 radical (unpaired) electrons. The summed E-state index contributed by atoms with van der Waals surface area (Å²) in [7, 11) is 0. The van der Waals surface area contributed by atoms with Crippen LogP contribution >= 0.6 is 12.6 Å². The van der Waals surface area contributed by atoms with Crippen molar-refractivity contribution in [3.63, 3.8) is 0 Å². The van der Waals surface area contributed by atoms with E-state index in [4.69, 9.17) is 4.74 Å². The van der Waals surface area contributed by atoms with Crippen molar-refractivity contribution in [2.45, 2.75) is 25.2 Å². The van der Waals surface area contributed by atoms with Crippen molar-refractivity contribution < 1.29 is 4.74 Å². The van der Waals surface area contributed by atoms with Crippen LogP contribution in [-0.2, 0) is 4.74 Å².